The normalized spacial score (nSPS) is 17.5. The van der Waals surface area contributed by atoms with Gasteiger partial charge in [-0.25, -0.2) is 4.98 Å². The molecular weight excluding hydrogens is 318 g/mol. The lowest BCUT2D eigenvalue weighted by Crippen LogP contribution is -2.45. The Bertz CT molecular complexity index is 840. The van der Waals surface area contributed by atoms with Crippen LogP contribution < -0.4 is 5.32 Å². The largest absolute Gasteiger partial charge is 0.354 e. The minimum Gasteiger partial charge on any atom is -0.354 e. The number of pyridine rings is 1. The van der Waals surface area contributed by atoms with E-state index in [0.717, 1.165) is 11.3 Å². The van der Waals surface area contributed by atoms with Gasteiger partial charge in [0.1, 0.15) is 11.7 Å². The lowest BCUT2D eigenvalue weighted by Gasteiger charge is -2.23. The van der Waals surface area contributed by atoms with Crippen LogP contribution in [0.5, 0.6) is 0 Å². The third-order valence-corrected chi connectivity index (χ3v) is 4.98. The van der Waals surface area contributed by atoms with Crippen molar-refractivity contribution in [1.29, 1.82) is 0 Å². The lowest BCUT2D eigenvalue weighted by molar-refractivity contribution is -0.125. The average molecular weight is 339 g/mol. The minimum absolute atomic E-state index is 0.0973. The summed E-state index contributed by atoms with van der Waals surface area (Å²) in [6.07, 6.45) is 4.07. The molecule has 0 unspecified atom stereocenters. The maximum absolute atomic E-state index is 12.8. The van der Waals surface area contributed by atoms with Crippen LogP contribution in [0.3, 0.4) is 0 Å². The fraction of sp³-hybridized carbons (Fsp3) is 0.444. The van der Waals surface area contributed by atoms with Gasteiger partial charge in [0.25, 0.3) is 5.91 Å². The highest BCUT2D eigenvalue weighted by Crippen LogP contribution is 2.28. The number of rotatable bonds is 5. The molecule has 25 heavy (non-hydrogen) atoms. The van der Waals surface area contributed by atoms with Crippen LogP contribution in [-0.2, 0) is 18.4 Å². The Balaban J connectivity index is 1.52. The van der Waals surface area contributed by atoms with Crippen molar-refractivity contribution in [2.75, 3.05) is 6.54 Å². The number of hydrogen-bond donors (Lipinski definition) is 1. The molecular formula is C18H21N5O2. The molecule has 4 rings (SSSR count). The molecule has 1 atom stereocenters. The third kappa shape index (κ3) is 2.90. The van der Waals surface area contributed by atoms with Crippen molar-refractivity contribution < 1.29 is 9.59 Å². The summed E-state index contributed by atoms with van der Waals surface area (Å²) in [6.45, 7) is 2.90. The number of nitrogens with zero attached hydrogens (tertiary/aromatic N) is 4. The van der Waals surface area contributed by atoms with Crippen LogP contribution in [-0.4, -0.2) is 44.1 Å². The molecule has 0 spiro atoms. The molecule has 1 fully saturated rings. The van der Waals surface area contributed by atoms with Crippen LogP contribution in [0, 0.1) is 5.92 Å². The Hall–Kier alpha value is -2.70. The van der Waals surface area contributed by atoms with E-state index in [4.69, 9.17) is 0 Å². The van der Waals surface area contributed by atoms with Gasteiger partial charge in [-0.1, -0.05) is 6.07 Å². The molecule has 2 aliphatic rings. The van der Waals surface area contributed by atoms with E-state index < -0.39 is 6.04 Å². The number of amides is 2. The van der Waals surface area contributed by atoms with E-state index in [1.54, 1.807) is 22.7 Å². The highest BCUT2D eigenvalue weighted by Gasteiger charge is 2.35. The van der Waals surface area contributed by atoms with Gasteiger partial charge in [0, 0.05) is 31.9 Å². The fourth-order valence-electron chi connectivity index (χ4n) is 3.13. The third-order valence-electron chi connectivity index (χ3n) is 4.98. The van der Waals surface area contributed by atoms with E-state index in [0.29, 0.717) is 30.4 Å². The Kier molecular flexibility index (Phi) is 3.78. The highest BCUT2D eigenvalue weighted by molar-refractivity contribution is 5.99. The Morgan fingerprint density at radius 2 is 2.16 bits per heavy atom. The van der Waals surface area contributed by atoms with Crippen molar-refractivity contribution in [2.24, 2.45) is 13.0 Å². The van der Waals surface area contributed by atoms with Crippen molar-refractivity contribution >= 4 is 11.8 Å². The summed E-state index contributed by atoms with van der Waals surface area (Å²) in [6, 6.07) is 5.17. The molecule has 0 radical (unpaired) electrons. The summed E-state index contributed by atoms with van der Waals surface area (Å²) in [4.78, 5) is 31.2. The SMILES string of the molecule is C[C@H](C(=O)NCC1CC1)N1Cc2ccc(-c3ccnn3C)nc2C1=O. The van der Waals surface area contributed by atoms with Crippen LogP contribution in [0.4, 0.5) is 0 Å². The molecule has 1 aliphatic carbocycles. The first kappa shape index (κ1) is 15.8. The fourth-order valence-corrected chi connectivity index (χ4v) is 3.13. The van der Waals surface area contributed by atoms with Crippen molar-refractivity contribution in [2.45, 2.75) is 32.4 Å². The maximum atomic E-state index is 12.8. The first-order valence-corrected chi connectivity index (χ1v) is 8.61. The van der Waals surface area contributed by atoms with Gasteiger partial charge >= 0.3 is 0 Å². The number of aryl methyl sites for hydroxylation is 1. The Morgan fingerprint density at radius 1 is 1.36 bits per heavy atom. The van der Waals surface area contributed by atoms with E-state index in [1.807, 2.05) is 25.2 Å². The molecule has 0 saturated heterocycles. The van der Waals surface area contributed by atoms with Gasteiger partial charge in [-0.15, -0.1) is 0 Å². The van der Waals surface area contributed by atoms with Crippen LogP contribution in [0.2, 0.25) is 0 Å². The molecule has 0 bridgehead atoms. The molecule has 0 aromatic carbocycles. The molecule has 130 valence electrons. The molecule has 1 aliphatic heterocycles. The second-order valence-corrected chi connectivity index (χ2v) is 6.84. The minimum atomic E-state index is -0.499. The average Bonchev–Trinajstić information content (AvgIpc) is 3.26. The first-order valence-electron chi connectivity index (χ1n) is 8.61. The molecule has 2 aromatic heterocycles. The predicted octanol–water partition coefficient (Wildman–Crippen LogP) is 1.35. The van der Waals surface area contributed by atoms with Gasteiger partial charge in [-0.05, 0) is 37.8 Å². The summed E-state index contributed by atoms with van der Waals surface area (Å²) >= 11 is 0. The van der Waals surface area contributed by atoms with Crippen LogP contribution in [0.15, 0.2) is 24.4 Å². The molecule has 1 saturated carbocycles. The van der Waals surface area contributed by atoms with Crippen molar-refractivity contribution in [3.63, 3.8) is 0 Å². The van der Waals surface area contributed by atoms with Gasteiger partial charge in [-0.2, -0.15) is 5.10 Å². The van der Waals surface area contributed by atoms with Crippen molar-refractivity contribution in [3.05, 3.63) is 35.7 Å². The summed E-state index contributed by atoms with van der Waals surface area (Å²) in [5.74, 6) is 0.332. The topological polar surface area (TPSA) is 80.1 Å². The standard InChI is InChI=1S/C18H21N5O2/c1-11(17(24)19-9-12-3-4-12)23-10-13-5-6-14(21-16(13)18(23)25)15-7-8-20-22(15)2/h5-8,11-12H,3-4,9-10H2,1-2H3,(H,19,24)/t11-/m1/s1. The quantitative estimate of drug-likeness (QED) is 0.892. The van der Waals surface area contributed by atoms with E-state index in [1.165, 1.54) is 12.8 Å². The summed E-state index contributed by atoms with van der Waals surface area (Å²) < 4.78 is 1.72. The lowest BCUT2D eigenvalue weighted by atomic mass is 10.2. The number of nitrogens with one attached hydrogen (secondary N) is 1. The van der Waals surface area contributed by atoms with Gasteiger partial charge in [0.2, 0.25) is 5.91 Å². The van der Waals surface area contributed by atoms with Gasteiger partial charge in [-0.3, -0.25) is 14.3 Å². The number of carbonyl (C=O) groups excluding carboxylic acids is 2. The summed E-state index contributed by atoms with van der Waals surface area (Å²) in [5, 5.41) is 7.09. The Labute approximate surface area is 146 Å². The van der Waals surface area contributed by atoms with E-state index in [2.05, 4.69) is 15.4 Å². The second-order valence-electron chi connectivity index (χ2n) is 6.84. The molecule has 1 N–H and O–H groups in total. The zero-order chi connectivity index (χ0) is 17.6. The molecule has 2 amide bonds. The van der Waals surface area contributed by atoms with Crippen molar-refractivity contribution in [3.8, 4) is 11.4 Å². The summed E-state index contributed by atoms with van der Waals surface area (Å²) in [5.41, 5.74) is 2.85. The number of aromatic nitrogens is 3. The molecule has 7 heteroatoms. The smallest absolute Gasteiger partial charge is 0.273 e. The summed E-state index contributed by atoms with van der Waals surface area (Å²) in [7, 11) is 1.84. The van der Waals surface area contributed by atoms with Gasteiger partial charge < -0.3 is 10.2 Å². The van der Waals surface area contributed by atoms with E-state index in [9.17, 15) is 9.59 Å². The number of fused-ring (bicyclic) bond motifs is 1. The van der Waals surface area contributed by atoms with Crippen LogP contribution in [0.1, 0.15) is 35.8 Å². The second kappa shape index (κ2) is 5.98. The first-order chi connectivity index (χ1) is 12.0. The monoisotopic (exact) mass is 339 g/mol. The molecule has 2 aromatic rings. The predicted molar refractivity (Wildman–Crippen MR) is 91.5 cm³/mol. The van der Waals surface area contributed by atoms with Crippen molar-refractivity contribution in [1.82, 2.24) is 25.0 Å². The van der Waals surface area contributed by atoms with Crippen LogP contribution >= 0.6 is 0 Å². The maximum Gasteiger partial charge on any atom is 0.273 e. The zero-order valence-corrected chi connectivity index (χ0v) is 14.4. The highest BCUT2D eigenvalue weighted by atomic mass is 16.2. The van der Waals surface area contributed by atoms with Crippen LogP contribution in [0.25, 0.3) is 11.4 Å². The number of carbonyl (C=O) groups is 2. The zero-order valence-electron chi connectivity index (χ0n) is 14.4. The molecule has 3 heterocycles. The molecule has 7 nitrogen and oxygen atoms in total. The number of hydrogen-bond acceptors (Lipinski definition) is 4. The van der Waals surface area contributed by atoms with E-state index in [-0.39, 0.29) is 11.8 Å². The Morgan fingerprint density at radius 3 is 2.84 bits per heavy atom. The van der Waals surface area contributed by atoms with E-state index >= 15 is 0 Å². The van der Waals surface area contributed by atoms with Gasteiger partial charge in [0.05, 0.1) is 11.4 Å². The van der Waals surface area contributed by atoms with Gasteiger partial charge in [0.15, 0.2) is 0 Å².